The molecule has 140 valence electrons. The maximum atomic E-state index is 12.7. The van der Waals surface area contributed by atoms with Crippen LogP contribution < -0.4 is 0 Å². The van der Waals surface area contributed by atoms with Crippen LogP contribution in [0.2, 0.25) is 0 Å². The van der Waals surface area contributed by atoms with Crippen molar-refractivity contribution >= 4 is 5.91 Å². The van der Waals surface area contributed by atoms with Gasteiger partial charge in [-0.15, -0.1) is 0 Å². The van der Waals surface area contributed by atoms with Crippen molar-refractivity contribution in [2.24, 2.45) is 0 Å². The van der Waals surface area contributed by atoms with E-state index in [1.807, 2.05) is 95.7 Å². The summed E-state index contributed by atoms with van der Waals surface area (Å²) in [5, 5.41) is 4.41. The lowest BCUT2D eigenvalue weighted by Crippen LogP contribution is -2.26. The molecule has 0 atom stereocenters. The first-order chi connectivity index (χ1) is 13.7. The third kappa shape index (κ3) is 4.04. The molecule has 0 spiro atoms. The average Bonchev–Trinajstić information content (AvgIpc) is 3.41. The van der Waals surface area contributed by atoms with Crippen LogP contribution in [0.4, 0.5) is 0 Å². The summed E-state index contributed by atoms with van der Waals surface area (Å²) in [6.07, 6.45) is 7.78. The molecule has 1 amide bonds. The fourth-order valence-corrected chi connectivity index (χ4v) is 3.19. The summed E-state index contributed by atoms with van der Waals surface area (Å²) in [5.74, 6) is -0.00475. The van der Waals surface area contributed by atoms with Crippen LogP contribution >= 0.6 is 0 Å². The second kappa shape index (κ2) is 7.96. The van der Waals surface area contributed by atoms with Gasteiger partial charge in [-0.3, -0.25) is 9.48 Å². The number of rotatable bonds is 6. The number of nitrogens with zero attached hydrogens (tertiary/aromatic N) is 4. The number of hydrogen-bond donors (Lipinski definition) is 0. The first kappa shape index (κ1) is 17.8. The van der Waals surface area contributed by atoms with Crippen molar-refractivity contribution in [1.82, 2.24) is 19.2 Å². The zero-order valence-electron chi connectivity index (χ0n) is 15.8. The van der Waals surface area contributed by atoms with E-state index in [9.17, 15) is 4.79 Å². The lowest BCUT2D eigenvalue weighted by atomic mass is 10.1. The van der Waals surface area contributed by atoms with Gasteiger partial charge in [0.1, 0.15) is 0 Å². The first-order valence-corrected chi connectivity index (χ1v) is 9.23. The van der Waals surface area contributed by atoms with Crippen molar-refractivity contribution in [3.05, 3.63) is 108 Å². The summed E-state index contributed by atoms with van der Waals surface area (Å²) < 4.78 is 3.91. The summed E-state index contributed by atoms with van der Waals surface area (Å²) >= 11 is 0. The molecule has 4 rings (SSSR count). The molecule has 0 aliphatic rings. The molecule has 0 N–H and O–H groups in total. The maximum absolute atomic E-state index is 12.7. The number of carbonyl (C=O) groups excluding carboxylic acids is 1. The smallest absolute Gasteiger partial charge is 0.253 e. The molecule has 2 aromatic heterocycles. The van der Waals surface area contributed by atoms with Gasteiger partial charge in [0.2, 0.25) is 0 Å². The van der Waals surface area contributed by atoms with Gasteiger partial charge in [0.25, 0.3) is 5.91 Å². The molecule has 2 aromatic carbocycles. The van der Waals surface area contributed by atoms with Gasteiger partial charge >= 0.3 is 0 Å². The van der Waals surface area contributed by atoms with Crippen LogP contribution in [-0.4, -0.2) is 32.2 Å². The van der Waals surface area contributed by atoms with Crippen LogP contribution in [0.3, 0.4) is 0 Å². The molecular formula is C23H22N4O. The zero-order chi connectivity index (χ0) is 19.3. The lowest BCUT2D eigenvalue weighted by Gasteiger charge is -2.16. The fourth-order valence-electron chi connectivity index (χ4n) is 3.19. The van der Waals surface area contributed by atoms with E-state index >= 15 is 0 Å². The standard InChI is InChI=1S/C23H22N4O/c1-25(16-20-15-24-27(18-20)17-19-7-3-2-4-8-19)23(28)21-9-11-22(12-10-21)26-13-5-6-14-26/h2-15,18H,16-17H2,1H3. The van der Waals surface area contributed by atoms with Gasteiger partial charge in [0, 0.05) is 49.0 Å². The summed E-state index contributed by atoms with van der Waals surface area (Å²) in [6, 6.07) is 21.8. The zero-order valence-corrected chi connectivity index (χ0v) is 15.8. The molecule has 5 nitrogen and oxygen atoms in total. The summed E-state index contributed by atoms with van der Waals surface area (Å²) in [4.78, 5) is 14.5. The number of aromatic nitrogens is 3. The normalized spacial score (nSPS) is 10.8. The molecule has 0 saturated heterocycles. The van der Waals surface area contributed by atoms with Gasteiger partial charge in [-0.25, -0.2) is 0 Å². The number of benzene rings is 2. The Labute approximate surface area is 164 Å². The topological polar surface area (TPSA) is 43.1 Å². The van der Waals surface area contributed by atoms with Crippen molar-refractivity contribution in [1.29, 1.82) is 0 Å². The van der Waals surface area contributed by atoms with E-state index in [2.05, 4.69) is 17.2 Å². The average molecular weight is 370 g/mol. The molecule has 5 heteroatoms. The van der Waals surface area contributed by atoms with E-state index in [0.29, 0.717) is 12.1 Å². The lowest BCUT2D eigenvalue weighted by molar-refractivity contribution is 0.0785. The predicted molar refractivity (Wildman–Crippen MR) is 109 cm³/mol. The van der Waals surface area contributed by atoms with Crippen LogP contribution in [0.1, 0.15) is 21.5 Å². The molecule has 0 unspecified atom stereocenters. The Hall–Kier alpha value is -3.60. The summed E-state index contributed by atoms with van der Waals surface area (Å²) in [5.41, 5.74) is 3.92. The van der Waals surface area contributed by atoms with Crippen molar-refractivity contribution in [2.75, 3.05) is 7.05 Å². The Balaban J connectivity index is 1.39. The summed E-state index contributed by atoms with van der Waals surface area (Å²) in [7, 11) is 1.82. The Bertz CT molecular complexity index is 1030. The predicted octanol–water partition coefficient (Wildman–Crippen LogP) is 3.99. The Morgan fingerprint density at radius 2 is 1.64 bits per heavy atom. The highest BCUT2D eigenvalue weighted by Crippen LogP contribution is 2.13. The number of amides is 1. The third-order valence-electron chi connectivity index (χ3n) is 4.66. The van der Waals surface area contributed by atoms with Crippen LogP contribution in [0.25, 0.3) is 5.69 Å². The number of carbonyl (C=O) groups is 1. The molecule has 0 aliphatic heterocycles. The van der Waals surface area contributed by atoms with Gasteiger partial charge in [-0.2, -0.15) is 5.10 Å². The van der Waals surface area contributed by atoms with E-state index in [1.165, 1.54) is 5.56 Å². The van der Waals surface area contributed by atoms with Gasteiger partial charge in [-0.05, 0) is 42.0 Å². The Morgan fingerprint density at radius 3 is 2.36 bits per heavy atom. The molecule has 4 aromatic rings. The first-order valence-electron chi connectivity index (χ1n) is 9.23. The van der Waals surface area contributed by atoms with Crippen LogP contribution in [0, 0.1) is 0 Å². The van der Waals surface area contributed by atoms with Crippen molar-refractivity contribution < 1.29 is 4.79 Å². The maximum Gasteiger partial charge on any atom is 0.253 e. The highest BCUT2D eigenvalue weighted by atomic mass is 16.2. The van der Waals surface area contributed by atoms with Crippen LogP contribution in [0.5, 0.6) is 0 Å². The highest BCUT2D eigenvalue weighted by molar-refractivity contribution is 5.94. The van der Waals surface area contributed by atoms with Crippen molar-refractivity contribution in [2.45, 2.75) is 13.1 Å². The summed E-state index contributed by atoms with van der Waals surface area (Å²) in [6.45, 7) is 1.24. The quantitative estimate of drug-likeness (QED) is 0.515. The van der Waals surface area contributed by atoms with Crippen LogP contribution in [-0.2, 0) is 13.1 Å². The Kier molecular flexibility index (Phi) is 5.06. The van der Waals surface area contributed by atoms with E-state index in [1.54, 1.807) is 4.90 Å². The van der Waals surface area contributed by atoms with Gasteiger partial charge in [0.15, 0.2) is 0 Å². The van der Waals surface area contributed by atoms with Gasteiger partial charge in [-0.1, -0.05) is 30.3 Å². The van der Waals surface area contributed by atoms with Crippen molar-refractivity contribution in [3.8, 4) is 5.69 Å². The minimum absolute atomic E-state index is 0.00475. The molecule has 0 bridgehead atoms. The third-order valence-corrected chi connectivity index (χ3v) is 4.66. The molecular weight excluding hydrogens is 348 g/mol. The largest absolute Gasteiger partial charge is 0.337 e. The van der Waals surface area contributed by atoms with Crippen LogP contribution in [0.15, 0.2) is 91.5 Å². The van der Waals surface area contributed by atoms with Gasteiger partial charge < -0.3 is 9.47 Å². The molecule has 0 fully saturated rings. The minimum Gasteiger partial charge on any atom is -0.337 e. The SMILES string of the molecule is CN(Cc1cnn(Cc2ccccc2)c1)C(=O)c1ccc(-n2cccc2)cc1. The molecule has 0 saturated carbocycles. The minimum atomic E-state index is -0.00475. The highest BCUT2D eigenvalue weighted by Gasteiger charge is 2.13. The fraction of sp³-hybridized carbons (Fsp3) is 0.130. The molecule has 28 heavy (non-hydrogen) atoms. The second-order valence-corrected chi connectivity index (χ2v) is 6.83. The van der Waals surface area contributed by atoms with E-state index in [-0.39, 0.29) is 5.91 Å². The molecule has 2 heterocycles. The number of hydrogen-bond acceptors (Lipinski definition) is 2. The van der Waals surface area contributed by atoms with E-state index < -0.39 is 0 Å². The second-order valence-electron chi connectivity index (χ2n) is 6.83. The van der Waals surface area contributed by atoms with Crippen molar-refractivity contribution in [3.63, 3.8) is 0 Å². The van der Waals surface area contributed by atoms with Gasteiger partial charge in [0.05, 0.1) is 12.7 Å². The monoisotopic (exact) mass is 370 g/mol. The molecule has 0 radical (unpaired) electrons. The van der Waals surface area contributed by atoms with E-state index in [0.717, 1.165) is 17.8 Å². The molecule has 0 aliphatic carbocycles. The van der Waals surface area contributed by atoms with E-state index in [4.69, 9.17) is 0 Å². The Morgan fingerprint density at radius 1 is 0.929 bits per heavy atom.